The summed E-state index contributed by atoms with van der Waals surface area (Å²) in [5, 5.41) is 5.29. The van der Waals surface area contributed by atoms with Crippen LogP contribution in [0.1, 0.15) is 38.2 Å². The van der Waals surface area contributed by atoms with Gasteiger partial charge in [-0.25, -0.2) is 4.98 Å². The zero-order valence-electron chi connectivity index (χ0n) is 18.4. The van der Waals surface area contributed by atoms with E-state index in [2.05, 4.69) is 5.32 Å². The SMILES string of the molecule is CCNc1c(C(=O)C(C)(C)C)oc2nc(-c3ccccc3Cl)c(-c3ccc(Cl)cc3)cc12. The van der Waals surface area contributed by atoms with Crippen molar-refractivity contribution in [3.8, 4) is 22.4 Å². The third-order valence-electron chi connectivity index (χ3n) is 5.21. The predicted octanol–water partition coefficient (Wildman–Crippen LogP) is 8.13. The number of nitrogens with one attached hydrogen (secondary N) is 1. The number of carbonyl (C=O) groups is 1. The number of aromatic nitrogens is 1. The smallest absolute Gasteiger partial charge is 0.229 e. The highest BCUT2D eigenvalue weighted by molar-refractivity contribution is 6.33. The van der Waals surface area contributed by atoms with E-state index in [1.165, 1.54) is 0 Å². The van der Waals surface area contributed by atoms with Crippen molar-refractivity contribution >= 4 is 45.8 Å². The molecule has 0 fully saturated rings. The van der Waals surface area contributed by atoms with Gasteiger partial charge >= 0.3 is 0 Å². The molecule has 4 rings (SSSR count). The van der Waals surface area contributed by atoms with E-state index in [0.29, 0.717) is 39.4 Å². The molecule has 0 saturated heterocycles. The van der Waals surface area contributed by atoms with E-state index in [1.54, 1.807) is 0 Å². The first-order valence-corrected chi connectivity index (χ1v) is 11.2. The van der Waals surface area contributed by atoms with Gasteiger partial charge in [-0.3, -0.25) is 4.79 Å². The Balaban J connectivity index is 2.06. The highest BCUT2D eigenvalue weighted by Crippen LogP contribution is 2.41. The van der Waals surface area contributed by atoms with Crippen molar-refractivity contribution in [3.05, 3.63) is 70.4 Å². The molecule has 32 heavy (non-hydrogen) atoms. The van der Waals surface area contributed by atoms with E-state index in [9.17, 15) is 4.79 Å². The Hall–Kier alpha value is -2.82. The van der Waals surface area contributed by atoms with E-state index in [4.69, 9.17) is 32.6 Å². The number of anilines is 1. The third-order valence-corrected chi connectivity index (χ3v) is 5.79. The molecule has 0 atom stereocenters. The van der Waals surface area contributed by atoms with E-state index in [-0.39, 0.29) is 5.78 Å². The van der Waals surface area contributed by atoms with E-state index in [0.717, 1.165) is 22.1 Å². The molecule has 0 spiro atoms. The maximum atomic E-state index is 13.1. The van der Waals surface area contributed by atoms with Gasteiger partial charge < -0.3 is 9.73 Å². The van der Waals surface area contributed by atoms with Crippen LogP contribution in [-0.2, 0) is 0 Å². The minimum absolute atomic E-state index is 0.0845. The summed E-state index contributed by atoms with van der Waals surface area (Å²) in [5.41, 5.74) is 3.73. The lowest BCUT2D eigenvalue weighted by atomic mass is 9.89. The zero-order valence-corrected chi connectivity index (χ0v) is 19.9. The number of nitrogens with zero attached hydrogens (tertiary/aromatic N) is 1. The van der Waals surface area contributed by atoms with Gasteiger partial charge in [-0.2, -0.15) is 0 Å². The summed E-state index contributed by atoms with van der Waals surface area (Å²) >= 11 is 12.7. The Morgan fingerprint density at radius 2 is 1.72 bits per heavy atom. The van der Waals surface area contributed by atoms with Crippen molar-refractivity contribution in [2.45, 2.75) is 27.7 Å². The number of Topliss-reactive ketones (excluding diaryl/α,β-unsaturated/α-hetero) is 1. The highest BCUT2D eigenvalue weighted by atomic mass is 35.5. The van der Waals surface area contributed by atoms with Crippen LogP contribution in [0, 0.1) is 5.41 Å². The Bertz CT molecular complexity index is 1300. The Morgan fingerprint density at radius 1 is 1.03 bits per heavy atom. The van der Waals surface area contributed by atoms with Gasteiger partial charge in [0, 0.05) is 33.1 Å². The number of furan rings is 1. The maximum absolute atomic E-state index is 13.1. The van der Waals surface area contributed by atoms with Gasteiger partial charge in [0.05, 0.1) is 16.8 Å². The summed E-state index contributed by atoms with van der Waals surface area (Å²) in [5.74, 6) is 0.207. The average molecular weight is 467 g/mol. The van der Waals surface area contributed by atoms with Crippen molar-refractivity contribution < 1.29 is 9.21 Å². The average Bonchev–Trinajstić information content (AvgIpc) is 3.10. The zero-order chi connectivity index (χ0) is 23.0. The standard InChI is InChI=1S/C26H24Cl2N2O2/c1-5-29-22-19-14-18(15-10-12-16(27)13-11-15)21(17-8-6-7-9-20(17)28)30-25(19)32-23(22)24(31)26(2,3)4/h6-14,29H,5H2,1-4H3. The van der Waals surface area contributed by atoms with Crippen LogP contribution >= 0.6 is 23.2 Å². The Kier molecular flexibility index (Phi) is 6.02. The first-order valence-electron chi connectivity index (χ1n) is 10.5. The summed E-state index contributed by atoms with van der Waals surface area (Å²) in [6.45, 7) is 8.25. The number of hydrogen-bond acceptors (Lipinski definition) is 4. The van der Waals surface area contributed by atoms with Crippen molar-refractivity contribution in [2.75, 3.05) is 11.9 Å². The van der Waals surface area contributed by atoms with Crippen LogP contribution in [0.25, 0.3) is 33.5 Å². The topological polar surface area (TPSA) is 55.1 Å². The molecule has 0 amide bonds. The molecule has 164 valence electrons. The largest absolute Gasteiger partial charge is 0.432 e. The van der Waals surface area contributed by atoms with Crippen LogP contribution in [0.5, 0.6) is 0 Å². The molecule has 0 saturated carbocycles. The van der Waals surface area contributed by atoms with Crippen molar-refractivity contribution in [3.63, 3.8) is 0 Å². The number of pyridine rings is 1. The molecule has 0 unspecified atom stereocenters. The molecular formula is C26H24Cl2N2O2. The Morgan fingerprint density at radius 3 is 2.34 bits per heavy atom. The first kappa shape index (κ1) is 22.4. The molecule has 1 N–H and O–H groups in total. The third kappa shape index (κ3) is 4.13. The fraction of sp³-hybridized carbons (Fsp3) is 0.231. The number of ketones is 1. The number of benzene rings is 2. The summed E-state index contributed by atoms with van der Waals surface area (Å²) in [6.07, 6.45) is 0. The van der Waals surface area contributed by atoms with Crippen LogP contribution in [-0.4, -0.2) is 17.3 Å². The van der Waals surface area contributed by atoms with E-state index < -0.39 is 5.41 Å². The molecule has 2 aromatic carbocycles. The molecule has 4 aromatic rings. The molecule has 0 radical (unpaired) electrons. The second-order valence-corrected chi connectivity index (χ2v) is 9.48. The highest BCUT2D eigenvalue weighted by Gasteiger charge is 2.31. The van der Waals surface area contributed by atoms with Crippen LogP contribution in [0.4, 0.5) is 5.69 Å². The lowest BCUT2D eigenvalue weighted by Gasteiger charge is -2.15. The molecule has 2 aromatic heterocycles. The molecule has 6 heteroatoms. The minimum Gasteiger partial charge on any atom is -0.432 e. The minimum atomic E-state index is -0.595. The van der Waals surface area contributed by atoms with Crippen molar-refractivity contribution in [2.24, 2.45) is 5.41 Å². The fourth-order valence-corrected chi connectivity index (χ4v) is 3.94. The van der Waals surface area contributed by atoms with E-state index in [1.807, 2.05) is 82.3 Å². The summed E-state index contributed by atoms with van der Waals surface area (Å²) in [7, 11) is 0. The van der Waals surface area contributed by atoms with Gasteiger partial charge in [0.1, 0.15) is 0 Å². The summed E-state index contributed by atoms with van der Waals surface area (Å²) < 4.78 is 6.06. The van der Waals surface area contributed by atoms with Gasteiger partial charge in [0.2, 0.25) is 11.5 Å². The van der Waals surface area contributed by atoms with E-state index >= 15 is 0 Å². The van der Waals surface area contributed by atoms with Crippen molar-refractivity contribution in [1.82, 2.24) is 4.98 Å². The lowest BCUT2D eigenvalue weighted by Crippen LogP contribution is -2.20. The molecule has 0 aliphatic carbocycles. The second kappa shape index (κ2) is 8.61. The maximum Gasteiger partial charge on any atom is 0.229 e. The van der Waals surface area contributed by atoms with Gasteiger partial charge in [0.15, 0.2) is 5.76 Å². The number of hydrogen-bond donors (Lipinski definition) is 1. The molecule has 0 aliphatic heterocycles. The first-order chi connectivity index (χ1) is 15.2. The quantitative estimate of drug-likeness (QED) is 0.301. The molecule has 2 heterocycles. The van der Waals surface area contributed by atoms with Crippen molar-refractivity contribution in [1.29, 1.82) is 0 Å². The summed E-state index contributed by atoms with van der Waals surface area (Å²) in [6, 6.07) is 17.1. The van der Waals surface area contributed by atoms with Gasteiger partial charge in [-0.1, -0.05) is 74.3 Å². The lowest BCUT2D eigenvalue weighted by molar-refractivity contribution is 0.0831. The van der Waals surface area contributed by atoms with Crippen LogP contribution in [0.15, 0.2) is 59.0 Å². The Labute approximate surface area is 197 Å². The van der Waals surface area contributed by atoms with Crippen LogP contribution in [0.2, 0.25) is 10.0 Å². The predicted molar refractivity (Wildman–Crippen MR) is 133 cm³/mol. The van der Waals surface area contributed by atoms with Crippen LogP contribution in [0.3, 0.4) is 0 Å². The normalized spacial score (nSPS) is 11.7. The molecule has 0 aliphatic rings. The second-order valence-electron chi connectivity index (χ2n) is 8.64. The van der Waals surface area contributed by atoms with Gasteiger partial charge in [-0.05, 0) is 36.8 Å². The number of rotatable bonds is 5. The fourth-order valence-electron chi connectivity index (χ4n) is 3.58. The molecule has 0 bridgehead atoms. The molecular weight excluding hydrogens is 443 g/mol. The number of carbonyl (C=O) groups excluding carboxylic acids is 1. The van der Waals surface area contributed by atoms with Gasteiger partial charge in [0.25, 0.3) is 0 Å². The van der Waals surface area contributed by atoms with Crippen LogP contribution < -0.4 is 5.32 Å². The monoisotopic (exact) mass is 466 g/mol. The summed E-state index contributed by atoms with van der Waals surface area (Å²) in [4.78, 5) is 18.0. The molecule has 4 nitrogen and oxygen atoms in total. The number of halogens is 2. The van der Waals surface area contributed by atoms with Gasteiger partial charge in [-0.15, -0.1) is 0 Å². The number of fused-ring (bicyclic) bond motifs is 1.